The zero-order valence-corrected chi connectivity index (χ0v) is 15.0. The maximum atomic E-state index is 12.4. The lowest BCUT2D eigenvalue weighted by Crippen LogP contribution is -2.47. The number of nitrogens with zero attached hydrogens (tertiary/aromatic N) is 2. The fraction of sp³-hybridized carbons (Fsp3) is 0.500. The lowest BCUT2D eigenvalue weighted by Gasteiger charge is -2.32. The summed E-state index contributed by atoms with van der Waals surface area (Å²) in [6.07, 6.45) is 1.37. The molecule has 1 heterocycles. The molecule has 0 aromatic heterocycles. The lowest BCUT2D eigenvalue weighted by molar-refractivity contribution is -0.120. The third-order valence-electron chi connectivity index (χ3n) is 3.67. The Morgan fingerprint density at radius 2 is 2.05 bits per heavy atom. The lowest BCUT2D eigenvalue weighted by atomic mass is 9.99. The molecule has 6 nitrogen and oxygen atoms in total. The van der Waals surface area contributed by atoms with Crippen molar-refractivity contribution in [1.29, 1.82) is 0 Å². The van der Waals surface area contributed by atoms with Gasteiger partial charge in [0.25, 0.3) is 10.2 Å². The number of para-hydroxylation sites is 1. The number of hydrogen-bond acceptors (Lipinski definition) is 3. The molecule has 0 unspecified atom stereocenters. The molecule has 0 aliphatic carbocycles. The van der Waals surface area contributed by atoms with E-state index in [1.165, 1.54) is 22.7 Å². The van der Waals surface area contributed by atoms with Crippen LogP contribution in [0.5, 0.6) is 0 Å². The fourth-order valence-electron chi connectivity index (χ4n) is 2.39. The first-order valence-corrected chi connectivity index (χ1v) is 9.24. The molecule has 2 rings (SSSR count). The Bertz CT molecular complexity index is 648. The SMILES string of the molecule is CN(C)S(=O)(=O)N1CCC[C@H](C(=O)Nc2ccccc2Br)C1. The van der Waals surface area contributed by atoms with Crippen molar-refractivity contribution in [2.45, 2.75) is 12.8 Å². The van der Waals surface area contributed by atoms with Crippen molar-refractivity contribution in [3.8, 4) is 0 Å². The van der Waals surface area contributed by atoms with Gasteiger partial charge in [-0.2, -0.15) is 17.0 Å². The fourth-order valence-corrected chi connectivity index (χ4v) is 3.97. The molecule has 0 radical (unpaired) electrons. The van der Waals surface area contributed by atoms with Crippen LogP contribution in [-0.2, 0) is 15.0 Å². The quantitative estimate of drug-likeness (QED) is 0.854. The highest BCUT2D eigenvalue weighted by Crippen LogP contribution is 2.25. The molecule has 0 spiro atoms. The topological polar surface area (TPSA) is 69.7 Å². The number of nitrogens with one attached hydrogen (secondary N) is 1. The highest BCUT2D eigenvalue weighted by Gasteiger charge is 2.33. The molecule has 1 fully saturated rings. The zero-order valence-electron chi connectivity index (χ0n) is 12.6. The molecule has 1 aliphatic rings. The summed E-state index contributed by atoms with van der Waals surface area (Å²) < 4.78 is 27.7. The van der Waals surface area contributed by atoms with Gasteiger partial charge in [-0.25, -0.2) is 0 Å². The largest absolute Gasteiger partial charge is 0.325 e. The van der Waals surface area contributed by atoms with Crippen molar-refractivity contribution >= 4 is 37.7 Å². The van der Waals surface area contributed by atoms with Crippen molar-refractivity contribution in [2.24, 2.45) is 5.92 Å². The van der Waals surface area contributed by atoms with Crippen LogP contribution in [0, 0.1) is 5.92 Å². The van der Waals surface area contributed by atoms with E-state index in [1.54, 1.807) is 6.07 Å². The van der Waals surface area contributed by atoms with E-state index in [9.17, 15) is 13.2 Å². The average molecular weight is 390 g/mol. The number of carbonyl (C=O) groups is 1. The number of hydrogen-bond donors (Lipinski definition) is 1. The van der Waals surface area contributed by atoms with E-state index in [0.717, 1.165) is 4.47 Å². The summed E-state index contributed by atoms with van der Waals surface area (Å²) >= 11 is 3.38. The van der Waals surface area contributed by atoms with Crippen LogP contribution in [-0.4, -0.2) is 50.1 Å². The highest BCUT2D eigenvalue weighted by molar-refractivity contribution is 9.10. The summed E-state index contributed by atoms with van der Waals surface area (Å²) in [5, 5.41) is 2.86. The standard InChI is InChI=1S/C14H20BrN3O3S/c1-17(2)22(20,21)18-9-5-6-11(10-18)14(19)16-13-8-4-3-7-12(13)15/h3-4,7-8,11H,5-6,9-10H2,1-2H3,(H,16,19)/t11-/m0/s1. The van der Waals surface area contributed by atoms with Gasteiger partial charge in [-0.3, -0.25) is 4.79 Å². The van der Waals surface area contributed by atoms with E-state index >= 15 is 0 Å². The van der Waals surface area contributed by atoms with Gasteiger partial charge in [-0.05, 0) is 40.9 Å². The van der Waals surface area contributed by atoms with Crippen LogP contribution >= 0.6 is 15.9 Å². The number of amides is 1. The van der Waals surface area contributed by atoms with Gasteiger partial charge in [0.05, 0.1) is 11.6 Å². The molecule has 22 heavy (non-hydrogen) atoms. The Labute approximate surface area is 139 Å². The summed E-state index contributed by atoms with van der Waals surface area (Å²) in [5.41, 5.74) is 0.695. The van der Waals surface area contributed by atoms with Crippen LogP contribution < -0.4 is 5.32 Å². The Kier molecular flexibility index (Phi) is 5.60. The molecular weight excluding hydrogens is 370 g/mol. The van der Waals surface area contributed by atoms with E-state index < -0.39 is 10.2 Å². The smallest absolute Gasteiger partial charge is 0.281 e. The number of benzene rings is 1. The molecule has 1 N–H and O–H groups in total. The molecule has 1 saturated heterocycles. The molecule has 1 amide bonds. The molecule has 1 aromatic carbocycles. The predicted molar refractivity (Wildman–Crippen MR) is 89.7 cm³/mol. The first-order valence-electron chi connectivity index (χ1n) is 7.05. The van der Waals surface area contributed by atoms with Crippen molar-refractivity contribution in [3.05, 3.63) is 28.7 Å². The summed E-state index contributed by atoms with van der Waals surface area (Å²) in [5.74, 6) is -0.485. The van der Waals surface area contributed by atoms with Crippen molar-refractivity contribution in [3.63, 3.8) is 0 Å². The molecule has 1 aliphatic heterocycles. The summed E-state index contributed by atoms with van der Waals surface area (Å²) in [4.78, 5) is 12.4. The van der Waals surface area contributed by atoms with Crippen LogP contribution in [0.2, 0.25) is 0 Å². The third-order valence-corrected chi connectivity index (χ3v) is 6.27. The van der Waals surface area contributed by atoms with Gasteiger partial charge in [0, 0.05) is 31.7 Å². The monoisotopic (exact) mass is 389 g/mol. The minimum Gasteiger partial charge on any atom is -0.325 e. The highest BCUT2D eigenvalue weighted by atomic mass is 79.9. The molecule has 0 saturated carbocycles. The minimum absolute atomic E-state index is 0.148. The summed E-state index contributed by atoms with van der Waals surface area (Å²) in [7, 11) is -0.470. The van der Waals surface area contributed by atoms with E-state index in [4.69, 9.17) is 0 Å². The van der Waals surface area contributed by atoms with Gasteiger partial charge in [0.15, 0.2) is 0 Å². The summed E-state index contributed by atoms with van der Waals surface area (Å²) in [6.45, 7) is 0.677. The number of piperidine rings is 1. The van der Waals surface area contributed by atoms with Gasteiger partial charge >= 0.3 is 0 Å². The maximum absolute atomic E-state index is 12.4. The average Bonchev–Trinajstić information content (AvgIpc) is 2.49. The van der Waals surface area contributed by atoms with E-state index in [1.807, 2.05) is 18.2 Å². The molecular formula is C14H20BrN3O3S. The normalized spacial score (nSPS) is 20.1. The van der Waals surface area contributed by atoms with Crippen LogP contribution in [0.4, 0.5) is 5.69 Å². The Morgan fingerprint density at radius 3 is 2.68 bits per heavy atom. The van der Waals surface area contributed by atoms with Gasteiger partial charge in [-0.1, -0.05) is 12.1 Å². The van der Waals surface area contributed by atoms with E-state index in [2.05, 4.69) is 21.2 Å². The first kappa shape index (κ1) is 17.4. The number of anilines is 1. The Morgan fingerprint density at radius 1 is 1.36 bits per heavy atom. The van der Waals surface area contributed by atoms with Crippen molar-refractivity contribution in [2.75, 3.05) is 32.5 Å². The Balaban J connectivity index is 2.06. The first-order chi connectivity index (χ1) is 10.3. The van der Waals surface area contributed by atoms with Crippen molar-refractivity contribution < 1.29 is 13.2 Å². The van der Waals surface area contributed by atoms with Crippen LogP contribution in [0.3, 0.4) is 0 Å². The van der Waals surface area contributed by atoms with E-state index in [-0.39, 0.29) is 18.4 Å². The second kappa shape index (κ2) is 7.08. The molecule has 0 bridgehead atoms. The number of carbonyl (C=O) groups excluding carboxylic acids is 1. The Hall–Kier alpha value is -0.960. The maximum Gasteiger partial charge on any atom is 0.281 e. The molecule has 1 atom stereocenters. The zero-order chi connectivity index (χ0) is 16.3. The summed E-state index contributed by atoms with van der Waals surface area (Å²) in [6, 6.07) is 7.36. The third kappa shape index (κ3) is 3.87. The molecule has 122 valence electrons. The number of rotatable bonds is 4. The minimum atomic E-state index is -3.47. The second-order valence-corrected chi connectivity index (χ2v) is 8.45. The van der Waals surface area contributed by atoms with Crippen molar-refractivity contribution in [1.82, 2.24) is 8.61 Å². The van der Waals surface area contributed by atoms with Gasteiger partial charge in [-0.15, -0.1) is 0 Å². The van der Waals surface area contributed by atoms with Crippen LogP contribution in [0.25, 0.3) is 0 Å². The van der Waals surface area contributed by atoms with Gasteiger partial charge < -0.3 is 5.32 Å². The van der Waals surface area contributed by atoms with E-state index in [0.29, 0.717) is 25.1 Å². The molecule has 1 aromatic rings. The molecule has 8 heteroatoms. The van der Waals surface area contributed by atoms with Crippen LogP contribution in [0.1, 0.15) is 12.8 Å². The van der Waals surface area contributed by atoms with Gasteiger partial charge in [0.1, 0.15) is 0 Å². The second-order valence-electron chi connectivity index (χ2n) is 5.46. The number of halogens is 1. The predicted octanol–water partition coefficient (Wildman–Crippen LogP) is 1.91. The van der Waals surface area contributed by atoms with Crippen LogP contribution in [0.15, 0.2) is 28.7 Å². The van der Waals surface area contributed by atoms with Gasteiger partial charge in [0.2, 0.25) is 5.91 Å².